The molecular weight excluding hydrogens is 158 g/mol. The lowest BCUT2D eigenvalue weighted by Gasteiger charge is -2.05. The summed E-state index contributed by atoms with van der Waals surface area (Å²) in [6, 6.07) is 0. The number of hydrogen-bond donors (Lipinski definition) is 2. The predicted molar refractivity (Wildman–Crippen MR) is 47.8 cm³/mol. The van der Waals surface area contributed by atoms with E-state index in [0.717, 1.165) is 0 Å². The molecule has 1 unspecified atom stereocenters. The van der Waals surface area contributed by atoms with Crippen LogP contribution in [0.25, 0.3) is 0 Å². The summed E-state index contributed by atoms with van der Waals surface area (Å²) >= 11 is 1.67. The Balaban J connectivity index is 2.56. The van der Waals surface area contributed by atoms with E-state index in [4.69, 9.17) is 5.73 Å². The van der Waals surface area contributed by atoms with Gasteiger partial charge in [-0.15, -0.1) is 0 Å². The van der Waals surface area contributed by atoms with Crippen molar-refractivity contribution < 1.29 is 5.11 Å². The van der Waals surface area contributed by atoms with Gasteiger partial charge in [-0.1, -0.05) is 0 Å². The van der Waals surface area contributed by atoms with E-state index in [1.54, 1.807) is 11.3 Å². The molecule has 2 nitrogen and oxygen atoms in total. The van der Waals surface area contributed by atoms with E-state index >= 15 is 0 Å². The third kappa shape index (κ3) is 2.29. The Morgan fingerprint density at radius 2 is 2.36 bits per heavy atom. The van der Waals surface area contributed by atoms with Gasteiger partial charge in [0, 0.05) is 13.0 Å². The van der Waals surface area contributed by atoms with Crippen LogP contribution in [0, 0.1) is 6.92 Å². The molecule has 3 N–H and O–H groups in total. The topological polar surface area (TPSA) is 46.2 Å². The standard InChI is InChI=1S/C8H13NOS/c1-6-4-11-5-7(6)2-8(10)3-9/h4-5,8,10H,2-3,9H2,1H3. The normalized spacial score (nSPS) is 13.4. The molecule has 1 heterocycles. The Bertz CT molecular complexity index is 222. The summed E-state index contributed by atoms with van der Waals surface area (Å²) in [5, 5.41) is 13.4. The first-order valence-electron chi connectivity index (χ1n) is 3.64. The molecule has 0 aromatic carbocycles. The lowest BCUT2D eigenvalue weighted by atomic mass is 10.1. The second kappa shape index (κ2) is 3.85. The third-order valence-electron chi connectivity index (χ3n) is 1.69. The molecule has 1 rings (SSSR count). The number of aliphatic hydroxyl groups is 1. The fraction of sp³-hybridized carbons (Fsp3) is 0.500. The number of aryl methyl sites for hydroxylation is 1. The average molecular weight is 171 g/mol. The number of nitrogens with two attached hydrogens (primary N) is 1. The van der Waals surface area contributed by atoms with E-state index in [-0.39, 0.29) is 6.10 Å². The van der Waals surface area contributed by atoms with Crippen molar-refractivity contribution in [1.82, 2.24) is 0 Å². The van der Waals surface area contributed by atoms with E-state index in [1.165, 1.54) is 11.1 Å². The van der Waals surface area contributed by atoms with E-state index in [0.29, 0.717) is 13.0 Å². The van der Waals surface area contributed by atoms with Crippen molar-refractivity contribution in [2.24, 2.45) is 5.73 Å². The van der Waals surface area contributed by atoms with Crippen LogP contribution < -0.4 is 5.73 Å². The maximum atomic E-state index is 9.23. The maximum absolute atomic E-state index is 9.23. The molecule has 0 bridgehead atoms. The molecule has 0 aliphatic carbocycles. The molecule has 0 radical (unpaired) electrons. The molecule has 1 atom stereocenters. The summed E-state index contributed by atoms with van der Waals surface area (Å²) in [7, 11) is 0. The smallest absolute Gasteiger partial charge is 0.0703 e. The zero-order valence-electron chi connectivity index (χ0n) is 6.58. The van der Waals surface area contributed by atoms with Gasteiger partial charge >= 0.3 is 0 Å². The van der Waals surface area contributed by atoms with Crippen molar-refractivity contribution in [3.05, 3.63) is 21.9 Å². The van der Waals surface area contributed by atoms with Crippen molar-refractivity contribution in [3.63, 3.8) is 0 Å². The minimum atomic E-state index is -0.386. The van der Waals surface area contributed by atoms with Gasteiger partial charge in [0.2, 0.25) is 0 Å². The first kappa shape index (κ1) is 8.71. The quantitative estimate of drug-likeness (QED) is 0.710. The van der Waals surface area contributed by atoms with Crippen molar-refractivity contribution in [2.75, 3.05) is 6.54 Å². The number of hydrogen-bond acceptors (Lipinski definition) is 3. The summed E-state index contributed by atoms with van der Waals surface area (Å²) < 4.78 is 0. The molecule has 11 heavy (non-hydrogen) atoms. The first-order valence-corrected chi connectivity index (χ1v) is 4.58. The van der Waals surface area contributed by atoms with E-state index in [1.807, 2.05) is 0 Å². The number of thiophene rings is 1. The van der Waals surface area contributed by atoms with Crippen molar-refractivity contribution in [3.8, 4) is 0 Å². The van der Waals surface area contributed by atoms with Crippen LogP contribution >= 0.6 is 11.3 Å². The Morgan fingerprint density at radius 1 is 1.64 bits per heavy atom. The summed E-state index contributed by atoms with van der Waals surface area (Å²) in [6.07, 6.45) is 0.301. The van der Waals surface area contributed by atoms with Gasteiger partial charge in [0.1, 0.15) is 0 Å². The van der Waals surface area contributed by atoms with Crippen LogP contribution in [0.2, 0.25) is 0 Å². The van der Waals surface area contributed by atoms with Gasteiger partial charge in [0.15, 0.2) is 0 Å². The second-order valence-corrected chi connectivity index (χ2v) is 3.42. The molecule has 0 aliphatic rings. The third-order valence-corrected chi connectivity index (χ3v) is 2.60. The molecule has 1 aromatic rings. The summed E-state index contributed by atoms with van der Waals surface area (Å²) in [4.78, 5) is 0. The fourth-order valence-corrected chi connectivity index (χ4v) is 1.80. The molecule has 0 saturated carbocycles. The highest BCUT2D eigenvalue weighted by Crippen LogP contribution is 2.14. The van der Waals surface area contributed by atoms with Gasteiger partial charge in [0.05, 0.1) is 6.10 Å². The van der Waals surface area contributed by atoms with Crippen molar-refractivity contribution in [2.45, 2.75) is 19.4 Å². The van der Waals surface area contributed by atoms with E-state index in [9.17, 15) is 5.11 Å². The van der Waals surface area contributed by atoms with E-state index < -0.39 is 0 Å². The Labute approximate surface area is 70.7 Å². The molecule has 0 aliphatic heterocycles. The van der Waals surface area contributed by atoms with Gasteiger partial charge in [0.25, 0.3) is 0 Å². The summed E-state index contributed by atoms with van der Waals surface area (Å²) in [6.45, 7) is 2.39. The highest BCUT2D eigenvalue weighted by Gasteiger charge is 2.05. The zero-order chi connectivity index (χ0) is 8.27. The van der Waals surface area contributed by atoms with Crippen molar-refractivity contribution >= 4 is 11.3 Å². The number of aliphatic hydroxyl groups excluding tert-OH is 1. The van der Waals surface area contributed by atoms with Crippen LogP contribution in [0.1, 0.15) is 11.1 Å². The predicted octanol–water partition coefficient (Wildman–Crippen LogP) is 0.919. The van der Waals surface area contributed by atoms with Gasteiger partial charge in [-0.05, 0) is 28.8 Å². The fourth-order valence-electron chi connectivity index (χ4n) is 0.933. The minimum Gasteiger partial charge on any atom is -0.391 e. The van der Waals surface area contributed by atoms with Crippen molar-refractivity contribution in [1.29, 1.82) is 0 Å². The maximum Gasteiger partial charge on any atom is 0.0703 e. The van der Waals surface area contributed by atoms with E-state index in [2.05, 4.69) is 17.7 Å². The molecule has 62 valence electrons. The molecule has 0 amide bonds. The lowest BCUT2D eigenvalue weighted by Crippen LogP contribution is -2.21. The Kier molecular flexibility index (Phi) is 3.05. The van der Waals surface area contributed by atoms with Crippen LogP contribution in [0.15, 0.2) is 10.8 Å². The lowest BCUT2D eigenvalue weighted by molar-refractivity contribution is 0.183. The van der Waals surface area contributed by atoms with Gasteiger partial charge in [-0.3, -0.25) is 0 Å². The molecule has 3 heteroatoms. The Morgan fingerprint density at radius 3 is 2.82 bits per heavy atom. The SMILES string of the molecule is Cc1cscc1CC(O)CN. The zero-order valence-corrected chi connectivity index (χ0v) is 7.40. The van der Waals surface area contributed by atoms with Gasteiger partial charge in [-0.25, -0.2) is 0 Å². The minimum absolute atomic E-state index is 0.343. The monoisotopic (exact) mass is 171 g/mol. The highest BCUT2D eigenvalue weighted by molar-refractivity contribution is 7.08. The molecule has 1 aromatic heterocycles. The second-order valence-electron chi connectivity index (χ2n) is 2.67. The summed E-state index contributed by atoms with van der Waals surface area (Å²) in [5.74, 6) is 0. The molecule has 0 spiro atoms. The number of rotatable bonds is 3. The van der Waals surface area contributed by atoms with Crippen LogP contribution in [-0.4, -0.2) is 17.8 Å². The largest absolute Gasteiger partial charge is 0.391 e. The molecule has 0 fully saturated rings. The van der Waals surface area contributed by atoms with Gasteiger partial charge < -0.3 is 10.8 Å². The average Bonchev–Trinajstić information content (AvgIpc) is 2.37. The van der Waals surface area contributed by atoms with Crippen LogP contribution in [-0.2, 0) is 6.42 Å². The summed E-state index contributed by atoms with van der Waals surface area (Å²) in [5.41, 5.74) is 7.76. The molecule has 0 saturated heterocycles. The van der Waals surface area contributed by atoms with Crippen LogP contribution in [0.5, 0.6) is 0 Å². The van der Waals surface area contributed by atoms with Crippen LogP contribution in [0.3, 0.4) is 0 Å². The highest BCUT2D eigenvalue weighted by atomic mass is 32.1. The Hall–Kier alpha value is -0.380. The van der Waals surface area contributed by atoms with Crippen LogP contribution in [0.4, 0.5) is 0 Å². The first-order chi connectivity index (χ1) is 5.24. The molecular formula is C8H13NOS. The van der Waals surface area contributed by atoms with Gasteiger partial charge in [-0.2, -0.15) is 11.3 Å².